The lowest BCUT2D eigenvalue weighted by molar-refractivity contribution is 0.216. The molecule has 1 N–H and O–H groups in total. The molecule has 1 atom stereocenters. The van der Waals surface area contributed by atoms with E-state index in [0.29, 0.717) is 17.9 Å². The van der Waals surface area contributed by atoms with Gasteiger partial charge in [0.1, 0.15) is 23.6 Å². The first-order chi connectivity index (χ1) is 9.22. The second kappa shape index (κ2) is 6.36. The zero-order valence-corrected chi connectivity index (χ0v) is 11.0. The van der Waals surface area contributed by atoms with Crippen molar-refractivity contribution in [3.63, 3.8) is 0 Å². The number of ether oxygens (including phenoxy) is 1. The van der Waals surface area contributed by atoms with Gasteiger partial charge < -0.3 is 9.84 Å². The van der Waals surface area contributed by atoms with Gasteiger partial charge in [0.25, 0.3) is 0 Å². The predicted octanol–water partition coefficient (Wildman–Crippen LogP) is 3.53. The summed E-state index contributed by atoms with van der Waals surface area (Å²) in [6, 6.07) is 11.4. The fraction of sp³-hybridized carbons (Fsp3) is 0.133. The number of nitrogens with zero attached hydrogens (tertiary/aromatic N) is 1. The van der Waals surface area contributed by atoms with Crippen molar-refractivity contribution in [1.82, 2.24) is 4.98 Å². The fourth-order valence-corrected chi connectivity index (χ4v) is 1.94. The standard InChI is InChI=1S/C15H14ClNO2/c1-2-12(18)14-13(8-9-17-15(14)16)19-10-11-6-4-3-5-7-11/h2-9,12,18H,1,10H2. The topological polar surface area (TPSA) is 42.4 Å². The highest BCUT2D eigenvalue weighted by molar-refractivity contribution is 6.30. The van der Waals surface area contributed by atoms with Crippen LogP contribution in [0.3, 0.4) is 0 Å². The van der Waals surface area contributed by atoms with Gasteiger partial charge in [0.05, 0.1) is 5.56 Å². The summed E-state index contributed by atoms with van der Waals surface area (Å²) in [7, 11) is 0. The number of hydrogen-bond donors (Lipinski definition) is 1. The monoisotopic (exact) mass is 275 g/mol. The van der Waals surface area contributed by atoms with Crippen molar-refractivity contribution in [2.24, 2.45) is 0 Å². The first kappa shape index (κ1) is 13.6. The van der Waals surface area contributed by atoms with E-state index in [2.05, 4.69) is 11.6 Å². The van der Waals surface area contributed by atoms with Crippen molar-refractivity contribution in [2.45, 2.75) is 12.7 Å². The summed E-state index contributed by atoms with van der Waals surface area (Å²) in [5.74, 6) is 0.510. The van der Waals surface area contributed by atoms with Crippen LogP contribution in [-0.2, 0) is 6.61 Å². The molecule has 0 amide bonds. The van der Waals surface area contributed by atoms with Crippen molar-refractivity contribution in [3.8, 4) is 5.75 Å². The first-order valence-corrected chi connectivity index (χ1v) is 6.22. The second-order valence-electron chi connectivity index (χ2n) is 3.97. The van der Waals surface area contributed by atoms with Crippen LogP contribution in [0, 0.1) is 0 Å². The number of halogens is 1. The summed E-state index contributed by atoms with van der Waals surface area (Å²) in [6.45, 7) is 3.95. The average Bonchev–Trinajstić information content (AvgIpc) is 2.45. The van der Waals surface area contributed by atoms with Crippen LogP contribution in [0.2, 0.25) is 5.15 Å². The van der Waals surface area contributed by atoms with Gasteiger partial charge in [-0.05, 0) is 11.6 Å². The highest BCUT2D eigenvalue weighted by Crippen LogP contribution is 2.31. The molecule has 0 bridgehead atoms. The molecular formula is C15H14ClNO2. The van der Waals surface area contributed by atoms with Crippen LogP contribution in [0.15, 0.2) is 55.3 Å². The summed E-state index contributed by atoms with van der Waals surface area (Å²) in [5, 5.41) is 10.1. The molecule has 1 aromatic carbocycles. The number of benzene rings is 1. The quantitative estimate of drug-likeness (QED) is 0.670. The van der Waals surface area contributed by atoms with Gasteiger partial charge in [-0.3, -0.25) is 0 Å². The van der Waals surface area contributed by atoms with E-state index in [9.17, 15) is 5.11 Å². The van der Waals surface area contributed by atoms with Gasteiger partial charge in [0, 0.05) is 6.20 Å². The second-order valence-corrected chi connectivity index (χ2v) is 4.33. The van der Waals surface area contributed by atoms with E-state index in [0.717, 1.165) is 5.56 Å². The van der Waals surface area contributed by atoms with Crippen molar-refractivity contribution < 1.29 is 9.84 Å². The molecule has 1 heterocycles. The number of hydrogen-bond acceptors (Lipinski definition) is 3. The summed E-state index contributed by atoms with van der Waals surface area (Å²) in [4.78, 5) is 3.94. The lowest BCUT2D eigenvalue weighted by atomic mass is 10.1. The third-order valence-electron chi connectivity index (χ3n) is 2.66. The maximum absolute atomic E-state index is 9.87. The molecule has 3 nitrogen and oxygen atoms in total. The average molecular weight is 276 g/mol. The van der Waals surface area contributed by atoms with Gasteiger partial charge in [0.15, 0.2) is 0 Å². The summed E-state index contributed by atoms with van der Waals surface area (Å²) in [5.41, 5.74) is 1.48. The van der Waals surface area contributed by atoms with Crippen LogP contribution < -0.4 is 4.74 Å². The number of aromatic nitrogens is 1. The van der Waals surface area contributed by atoms with Crippen LogP contribution in [-0.4, -0.2) is 10.1 Å². The third kappa shape index (κ3) is 3.34. The van der Waals surface area contributed by atoms with E-state index in [4.69, 9.17) is 16.3 Å². The minimum absolute atomic E-state index is 0.220. The SMILES string of the molecule is C=CC(O)c1c(OCc2ccccc2)ccnc1Cl. The molecule has 4 heteroatoms. The molecule has 0 spiro atoms. The van der Waals surface area contributed by atoms with Gasteiger partial charge in [-0.15, -0.1) is 6.58 Å². The Morgan fingerprint density at radius 3 is 2.74 bits per heavy atom. The lowest BCUT2D eigenvalue weighted by Gasteiger charge is -2.14. The molecule has 0 aliphatic heterocycles. The number of rotatable bonds is 5. The van der Waals surface area contributed by atoms with Gasteiger partial charge >= 0.3 is 0 Å². The van der Waals surface area contributed by atoms with E-state index in [1.165, 1.54) is 6.08 Å². The third-order valence-corrected chi connectivity index (χ3v) is 2.96. The Morgan fingerprint density at radius 2 is 2.05 bits per heavy atom. The minimum atomic E-state index is -0.896. The van der Waals surface area contributed by atoms with Gasteiger partial charge in [-0.1, -0.05) is 48.0 Å². The van der Waals surface area contributed by atoms with E-state index in [-0.39, 0.29) is 5.15 Å². The van der Waals surface area contributed by atoms with Gasteiger partial charge in [0.2, 0.25) is 0 Å². The van der Waals surface area contributed by atoms with Gasteiger partial charge in [-0.25, -0.2) is 4.98 Å². The fourth-order valence-electron chi connectivity index (χ4n) is 1.68. The number of aliphatic hydroxyl groups is 1. The van der Waals surface area contributed by atoms with Crippen LogP contribution in [0.5, 0.6) is 5.75 Å². The van der Waals surface area contributed by atoms with Crippen LogP contribution in [0.1, 0.15) is 17.2 Å². The maximum atomic E-state index is 9.87. The van der Waals surface area contributed by atoms with E-state index >= 15 is 0 Å². The first-order valence-electron chi connectivity index (χ1n) is 5.84. The summed E-state index contributed by atoms with van der Waals surface area (Å²) < 4.78 is 5.69. The highest BCUT2D eigenvalue weighted by Gasteiger charge is 2.15. The molecule has 0 aliphatic rings. The molecule has 0 saturated heterocycles. The molecule has 98 valence electrons. The van der Waals surface area contributed by atoms with E-state index in [1.807, 2.05) is 30.3 Å². The molecule has 19 heavy (non-hydrogen) atoms. The molecule has 0 radical (unpaired) electrons. The lowest BCUT2D eigenvalue weighted by Crippen LogP contribution is -2.03. The van der Waals surface area contributed by atoms with Crippen LogP contribution >= 0.6 is 11.6 Å². The Kier molecular flexibility index (Phi) is 4.55. The zero-order valence-electron chi connectivity index (χ0n) is 10.3. The predicted molar refractivity (Wildman–Crippen MR) is 75.2 cm³/mol. The zero-order chi connectivity index (χ0) is 13.7. The van der Waals surface area contributed by atoms with Crippen molar-refractivity contribution in [3.05, 3.63) is 71.5 Å². The summed E-state index contributed by atoms with van der Waals surface area (Å²) in [6.07, 6.45) is 2.03. The minimum Gasteiger partial charge on any atom is -0.488 e. The number of aliphatic hydroxyl groups excluding tert-OH is 1. The normalized spacial score (nSPS) is 11.9. The maximum Gasteiger partial charge on any atom is 0.138 e. The van der Waals surface area contributed by atoms with E-state index < -0.39 is 6.10 Å². The highest BCUT2D eigenvalue weighted by atomic mass is 35.5. The van der Waals surface area contributed by atoms with Crippen molar-refractivity contribution in [1.29, 1.82) is 0 Å². The smallest absolute Gasteiger partial charge is 0.138 e. The Bertz CT molecular complexity index is 557. The summed E-state index contributed by atoms with van der Waals surface area (Å²) >= 11 is 5.99. The number of pyridine rings is 1. The Labute approximate surface area is 117 Å². The molecule has 2 rings (SSSR count). The molecule has 1 unspecified atom stereocenters. The molecule has 0 saturated carbocycles. The largest absolute Gasteiger partial charge is 0.488 e. The molecule has 2 aromatic rings. The Balaban J connectivity index is 2.20. The van der Waals surface area contributed by atoms with Crippen LogP contribution in [0.25, 0.3) is 0 Å². The molecular weight excluding hydrogens is 262 g/mol. The van der Waals surface area contributed by atoms with Crippen LogP contribution in [0.4, 0.5) is 0 Å². The van der Waals surface area contributed by atoms with Crippen molar-refractivity contribution >= 4 is 11.6 Å². The van der Waals surface area contributed by atoms with Gasteiger partial charge in [-0.2, -0.15) is 0 Å². The van der Waals surface area contributed by atoms with Crippen molar-refractivity contribution in [2.75, 3.05) is 0 Å². The Morgan fingerprint density at radius 1 is 1.32 bits per heavy atom. The molecule has 1 aromatic heterocycles. The Hall–Kier alpha value is -1.84. The molecule has 0 aliphatic carbocycles. The molecule has 0 fully saturated rings. The van der Waals surface area contributed by atoms with E-state index in [1.54, 1.807) is 12.3 Å².